The van der Waals surface area contributed by atoms with Gasteiger partial charge in [0.1, 0.15) is 0 Å². The zero-order valence-electron chi connectivity index (χ0n) is 16.5. The van der Waals surface area contributed by atoms with Crippen molar-refractivity contribution in [1.82, 2.24) is 20.4 Å². The molecular formula is C21H35N5. The molecule has 1 aliphatic heterocycles. The summed E-state index contributed by atoms with van der Waals surface area (Å²) >= 11 is 0. The number of hydrogen-bond acceptors (Lipinski definition) is 3. The van der Waals surface area contributed by atoms with Crippen LogP contribution in [0.1, 0.15) is 43.7 Å². The standard InChI is InChI=1S/C21H35N5/c1-3-25-12-14-26(15-13-25)17-19-10-8-18(9-11-19)16-23-21(22-2)24-20-6-4-5-7-20/h8-11,20H,3-7,12-17H2,1-2H3,(H2,22,23,24). The molecule has 1 aromatic rings. The number of rotatable bonds is 6. The Morgan fingerprint density at radius 3 is 2.23 bits per heavy atom. The molecule has 0 unspecified atom stereocenters. The molecule has 0 spiro atoms. The van der Waals surface area contributed by atoms with Crippen molar-refractivity contribution in [3.8, 4) is 0 Å². The fraction of sp³-hybridized carbons (Fsp3) is 0.667. The zero-order chi connectivity index (χ0) is 18.2. The third-order valence-electron chi connectivity index (χ3n) is 5.72. The molecule has 26 heavy (non-hydrogen) atoms. The molecule has 0 aromatic heterocycles. The highest BCUT2D eigenvalue weighted by atomic mass is 15.3. The van der Waals surface area contributed by atoms with Gasteiger partial charge in [-0.3, -0.25) is 9.89 Å². The van der Waals surface area contributed by atoms with E-state index in [1.165, 1.54) is 69.5 Å². The Morgan fingerprint density at radius 1 is 1.00 bits per heavy atom. The van der Waals surface area contributed by atoms with Crippen LogP contribution in [0.5, 0.6) is 0 Å². The lowest BCUT2D eigenvalue weighted by molar-refractivity contribution is 0.132. The number of hydrogen-bond donors (Lipinski definition) is 2. The van der Waals surface area contributed by atoms with Crippen LogP contribution in [0.2, 0.25) is 0 Å². The molecule has 5 heteroatoms. The third kappa shape index (κ3) is 5.71. The van der Waals surface area contributed by atoms with Crippen molar-refractivity contribution < 1.29 is 0 Å². The largest absolute Gasteiger partial charge is 0.354 e. The Balaban J connectivity index is 1.42. The molecule has 0 radical (unpaired) electrons. The van der Waals surface area contributed by atoms with Gasteiger partial charge in [0, 0.05) is 52.4 Å². The van der Waals surface area contributed by atoms with Crippen molar-refractivity contribution in [2.75, 3.05) is 39.8 Å². The molecule has 2 fully saturated rings. The molecule has 0 bridgehead atoms. The van der Waals surface area contributed by atoms with Gasteiger partial charge in [0.15, 0.2) is 5.96 Å². The predicted octanol–water partition coefficient (Wildman–Crippen LogP) is 2.43. The van der Waals surface area contributed by atoms with Crippen LogP contribution in [0, 0.1) is 0 Å². The van der Waals surface area contributed by atoms with E-state index in [4.69, 9.17) is 0 Å². The molecule has 144 valence electrons. The summed E-state index contributed by atoms with van der Waals surface area (Å²) in [6, 6.07) is 9.63. The minimum Gasteiger partial charge on any atom is -0.354 e. The van der Waals surface area contributed by atoms with Crippen LogP contribution < -0.4 is 10.6 Å². The number of nitrogens with zero attached hydrogens (tertiary/aromatic N) is 3. The van der Waals surface area contributed by atoms with Crippen molar-refractivity contribution in [2.24, 2.45) is 4.99 Å². The molecule has 1 saturated heterocycles. The summed E-state index contributed by atoms with van der Waals surface area (Å²) in [6.45, 7) is 10.1. The van der Waals surface area contributed by atoms with E-state index in [-0.39, 0.29) is 0 Å². The Hall–Kier alpha value is -1.59. The molecule has 5 nitrogen and oxygen atoms in total. The van der Waals surface area contributed by atoms with Crippen molar-refractivity contribution in [3.63, 3.8) is 0 Å². The molecule has 1 saturated carbocycles. The molecule has 2 N–H and O–H groups in total. The number of piperazine rings is 1. The van der Waals surface area contributed by atoms with Gasteiger partial charge in [-0.05, 0) is 30.5 Å². The fourth-order valence-corrected chi connectivity index (χ4v) is 3.93. The van der Waals surface area contributed by atoms with Crippen LogP contribution in [0.4, 0.5) is 0 Å². The number of nitrogens with one attached hydrogen (secondary N) is 2. The van der Waals surface area contributed by atoms with E-state index < -0.39 is 0 Å². The van der Waals surface area contributed by atoms with Gasteiger partial charge in [0.2, 0.25) is 0 Å². The summed E-state index contributed by atoms with van der Waals surface area (Å²) in [5.41, 5.74) is 2.71. The van der Waals surface area contributed by atoms with Gasteiger partial charge in [-0.25, -0.2) is 0 Å². The normalized spacial score (nSPS) is 20.5. The average molecular weight is 358 g/mol. The summed E-state index contributed by atoms with van der Waals surface area (Å²) in [6.07, 6.45) is 5.21. The quantitative estimate of drug-likeness (QED) is 0.606. The number of guanidine groups is 1. The van der Waals surface area contributed by atoms with Gasteiger partial charge in [0.25, 0.3) is 0 Å². The maximum Gasteiger partial charge on any atom is 0.191 e. The smallest absolute Gasteiger partial charge is 0.191 e. The van der Waals surface area contributed by atoms with E-state index in [0.717, 1.165) is 19.0 Å². The summed E-state index contributed by atoms with van der Waals surface area (Å²) in [5.74, 6) is 0.926. The van der Waals surface area contributed by atoms with E-state index >= 15 is 0 Å². The first kappa shape index (κ1) is 19.2. The second-order valence-electron chi connectivity index (χ2n) is 7.58. The van der Waals surface area contributed by atoms with E-state index in [1.807, 2.05) is 7.05 Å². The van der Waals surface area contributed by atoms with Gasteiger partial charge in [-0.2, -0.15) is 0 Å². The Kier molecular flexibility index (Phi) is 7.32. The highest BCUT2D eigenvalue weighted by Gasteiger charge is 2.16. The summed E-state index contributed by atoms with van der Waals surface area (Å²) in [5, 5.41) is 6.99. The van der Waals surface area contributed by atoms with Gasteiger partial charge in [-0.15, -0.1) is 0 Å². The van der Waals surface area contributed by atoms with Crippen LogP contribution in [0.25, 0.3) is 0 Å². The molecule has 0 amide bonds. The van der Waals surface area contributed by atoms with Crippen LogP contribution in [0.3, 0.4) is 0 Å². The average Bonchev–Trinajstić information content (AvgIpc) is 3.20. The maximum absolute atomic E-state index is 4.36. The van der Waals surface area contributed by atoms with Gasteiger partial charge < -0.3 is 15.5 Å². The minimum atomic E-state index is 0.594. The van der Waals surface area contributed by atoms with Crippen molar-refractivity contribution in [2.45, 2.75) is 51.7 Å². The lowest BCUT2D eigenvalue weighted by Gasteiger charge is -2.34. The predicted molar refractivity (Wildman–Crippen MR) is 109 cm³/mol. The summed E-state index contributed by atoms with van der Waals surface area (Å²) < 4.78 is 0. The number of benzene rings is 1. The first-order valence-electron chi connectivity index (χ1n) is 10.3. The van der Waals surface area contributed by atoms with E-state index in [2.05, 4.69) is 56.6 Å². The maximum atomic E-state index is 4.36. The highest BCUT2D eigenvalue weighted by Crippen LogP contribution is 2.17. The fourth-order valence-electron chi connectivity index (χ4n) is 3.93. The van der Waals surface area contributed by atoms with Crippen molar-refractivity contribution in [1.29, 1.82) is 0 Å². The highest BCUT2D eigenvalue weighted by molar-refractivity contribution is 5.79. The SMILES string of the molecule is CCN1CCN(Cc2ccc(CNC(=NC)NC3CCCC3)cc2)CC1. The molecule has 1 heterocycles. The number of likely N-dealkylation sites (N-methyl/N-ethyl adjacent to an activating group) is 1. The zero-order valence-corrected chi connectivity index (χ0v) is 16.5. The first-order valence-corrected chi connectivity index (χ1v) is 10.3. The summed E-state index contributed by atoms with van der Waals surface area (Å²) in [7, 11) is 1.85. The Labute approximate surface area is 158 Å². The lowest BCUT2D eigenvalue weighted by atomic mass is 10.1. The van der Waals surface area contributed by atoms with Gasteiger partial charge >= 0.3 is 0 Å². The van der Waals surface area contributed by atoms with Crippen LogP contribution in [-0.4, -0.2) is 61.6 Å². The van der Waals surface area contributed by atoms with Gasteiger partial charge in [-0.1, -0.05) is 44.0 Å². The molecular weight excluding hydrogens is 322 g/mol. The second-order valence-corrected chi connectivity index (χ2v) is 7.58. The van der Waals surface area contributed by atoms with E-state index in [0.29, 0.717) is 6.04 Å². The van der Waals surface area contributed by atoms with Crippen LogP contribution in [0.15, 0.2) is 29.3 Å². The van der Waals surface area contributed by atoms with E-state index in [9.17, 15) is 0 Å². The van der Waals surface area contributed by atoms with Gasteiger partial charge in [0.05, 0.1) is 0 Å². The van der Waals surface area contributed by atoms with Crippen molar-refractivity contribution >= 4 is 5.96 Å². The monoisotopic (exact) mass is 357 g/mol. The Bertz CT molecular complexity index is 554. The van der Waals surface area contributed by atoms with Crippen molar-refractivity contribution in [3.05, 3.63) is 35.4 Å². The molecule has 3 rings (SSSR count). The van der Waals surface area contributed by atoms with Crippen LogP contribution >= 0.6 is 0 Å². The molecule has 2 aliphatic rings. The Morgan fingerprint density at radius 2 is 1.62 bits per heavy atom. The molecule has 1 aliphatic carbocycles. The van der Waals surface area contributed by atoms with E-state index in [1.54, 1.807) is 0 Å². The topological polar surface area (TPSA) is 42.9 Å². The van der Waals surface area contributed by atoms with Crippen LogP contribution in [-0.2, 0) is 13.1 Å². The second kappa shape index (κ2) is 9.93. The molecule has 1 aromatic carbocycles. The lowest BCUT2D eigenvalue weighted by Crippen LogP contribution is -2.45. The molecule has 0 atom stereocenters. The summed E-state index contributed by atoms with van der Waals surface area (Å²) in [4.78, 5) is 9.45. The first-order chi connectivity index (χ1) is 12.8. The number of aliphatic imine (C=N–C) groups is 1. The third-order valence-corrected chi connectivity index (χ3v) is 5.72. The minimum absolute atomic E-state index is 0.594.